The molecule has 0 saturated heterocycles. The van der Waals surface area contributed by atoms with Crippen LogP contribution in [0.5, 0.6) is 0 Å². The lowest BCUT2D eigenvalue weighted by Crippen LogP contribution is -2.14. The molecule has 1 aliphatic rings. The molecule has 0 nitrogen and oxygen atoms in total. The van der Waals surface area contributed by atoms with E-state index in [0.717, 1.165) is 24.8 Å². The lowest BCUT2D eigenvalue weighted by molar-refractivity contribution is 0.310. The summed E-state index contributed by atoms with van der Waals surface area (Å²) in [5, 5.41) is 0.0495. The van der Waals surface area contributed by atoms with Gasteiger partial charge in [0.2, 0.25) is 0 Å². The van der Waals surface area contributed by atoms with E-state index >= 15 is 0 Å². The van der Waals surface area contributed by atoms with Crippen LogP contribution in [-0.2, 0) is 12.8 Å². The van der Waals surface area contributed by atoms with E-state index in [1.165, 1.54) is 48.9 Å². The summed E-state index contributed by atoms with van der Waals surface area (Å²) in [4.78, 5) is 0. The smallest absolute Gasteiger partial charge is 0.142 e. The third-order valence-electron chi connectivity index (χ3n) is 6.81. The zero-order valence-corrected chi connectivity index (χ0v) is 18.8. The maximum Gasteiger partial charge on any atom is 0.142 e. The molecule has 3 aromatic carbocycles. The Morgan fingerprint density at radius 1 is 0.806 bits per heavy atom. The molecule has 0 aromatic heterocycles. The highest BCUT2D eigenvalue weighted by Gasteiger charge is 2.22. The molecule has 162 valence electrons. The van der Waals surface area contributed by atoms with E-state index in [4.69, 9.17) is 11.6 Å². The summed E-state index contributed by atoms with van der Waals surface area (Å²) in [6.07, 6.45) is 8.03. The van der Waals surface area contributed by atoms with Crippen LogP contribution in [0.3, 0.4) is 0 Å². The lowest BCUT2D eigenvalue weighted by atomic mass is 9.77. The van der Waals surface area contributed by atoms with Gasteiger partial charge in [0.25, 0.3) is 0 Å². The van der Waals surface area contributed by atoms with Crippen molar-refractivity contribution in [1.29, 1.82) is 0 Å². The molecular formula is C28H29ClF2. The van der Waals surface area contributed by atoms with Crippen molar-refractivity contribution in [3.8, 4) is 11.1 Å². The van der Waals surface area contributed by atoms with E-state index in [-0.39, 0.29) is 10.8 Å². The highest BCUT2D eigenvalue weighted by atomic mass is 35.5. The zero-order chi connectivity index (χ0) is 21.8. The molecule has 1 saturated carbocycles. The molecule has 0 amide bonds. The van der Waals surface area contributed by atoms with Crippen LogP contribution in [0, 0.1) is 17.6 Å². The van der Waals surface area contributed by atoms with E-state index in [2.05, 4.69) is 31.2 Å². The highest BCUT2D eigenvalue weighted by Crippen LogP contribution is 2.38. The minimum Gasteiger partial charge on any atom is -0.206 e. The minimum atomic E-state index is -0.528. The Kier molecular flexibility index (Phi) is 7.07. The van der Waals surface area contributed by atoms with Crippen LogP contribution in [0.4, 0.5) is 8.78 Å². The maximum atomic E-state index is 14.7. The quantitative estimate of drug-likeness (QED) is 0.360. The summed E-state index contributed by atoms with van der Waals surface area (Å²) in [5.74, 6) is 0.552. The summed E-state index contributed by atoms with van der Waals surface area (Å²) in [6.45, 7) is 2.19. The number of benzene rings is 3. The number of rotatable bonds is 6. The normalized spacial score (nSPS) is 18.8. The largest absolute Gasteiger partial charge is 0.206 e. The van der Waals surface area contributed by atoms with Crippen LogP contribution in [0.25, 0.3) is 11.1 Å². The molecule has 1 fully saturated rings. The Bertz CT molecular complexity index is 1020. The topological polar surface area (TPSA) is 0 Å². The lowest BCUT2D eigenvalue weighted by Gasteiger charge is -2.29. The molecule has 0 bridgehead atoms. The fraction of sp³-hybridized carbons (Fsp3) is 0.357. The van der Waals surface area contributed by atoms with E-state index in [0.29, 0.717) is 23.0 Å². The van der Waals surface area contributed by atoms with Gasteiger partial charge in [0, 0.05) is 5.56 Å². The molecular weight excluding hydrogens is 410 g/mol. The van der Waals surface area contributed by atoms with Crippen molar-refractivity contribution in [2.24, 2.45) is 5.92 Å². The van der Waals surface area contributed by atoms with Crippen LogP contribution in [-0.4, -0.2) is 0 Å². The summed E-state index contributed by atoms with van der Waals surface area (Å²) < 4.78 is 28.4. The van der Waals surface area contributed by atoms with Gasteiger partial charge in [0.05, 0.1) is 5.02 Å². The van der Waals surface area contributed by atoms with E-state index < -0.39 is 5.82 Å². The first-order valence-electron chi connectivity index (χ1n) is 11.4. The second-order valence-corrected chi connectivity index (χ2v) is 9.20. The number of halogens is 3. The van der Waals surface area contributed by atoms with Crippen LogP contribution >= 0.6 is 11.6 Å². The third kappa shape index (κ3) is 5.36. The molecule has 0 atom stereocenters. The highest BCUT2D eigenvalue weighted by molar-refractivity contribution is 6.30. The van der Waals surface area contributed by atoms with Gasteiger partial charge in [-0.3, -0.25) is 0 Å². The zero-order valence-electron chi connectivity index (χ0n) is 18.0. The van der Waals surface area contributed by atoms with Crippen molar-refractivity contribution in [3.05, 3.63) is 94.0 Å². The number of hydrogen-bond acceptors (Lipinski definition) is 0. The molecule has 0 aliphatic heterocycles. The van der Waals surface area contributed by atoms with E-state index in [1.54, 1.807) is 18.2 Å². The van der Waals surface area contributed by atoms with Gasteiger partial charge in [-0.15, -0.1) is 0 Å². The van der Waals surface area contributed by atoms with Gasteiger partial charge >= 0.3 is 0 Å². The van der Waals surface area contributed by atoms with Gasteiger partial charge in [-0.25, -0.2) is 8.78 Å². The van der Waals surface area contributed by atoms with Crippen LogP contribution in [0.15, 0.2) is 60.7 Å². The molecule has 0 N–H and O–H groups in total. The average molecular weight is 439 g/mol. The first-order chi connectivity index (χ1) is 15.0. The predicted molar refractivity (Wildman–Crippen MR) is 126 cm³/mol. The standard InChI is InChI=1S/C28H29ClF2/c1-2-19-5-10-22(11-6-19)23-12-7-20(8-13-23)3-4-21-9-15-25(27(30)17-21)24-14-16-26(29)28(31)18-24/h5-6,9-11,14-18,20,23H,2-4,7-8,12-13H2,1H3. The molecule has 3 heteroatoms. The van der Waals surface area contributed by atoms with E-state index in [9.17, 15) is 8.78 Å². The summed E-state index contributed by atoms with van der Waals surface area (Å²) in [7, 11) is 0. The number of hydrogen-bond donors (Lipinski definition) is 0. The van der Waals surface area contributed by atoms with Crippen molar-refractivity contribution in [2.45, 2.75) is 57.8 Å². The van der Waals surface area contributed by atoms with Crippen molar-refractivity contribution in [2.75, 3.05) is 0 Å². The molecule has 0 radical (unpaired) electrons. The Morgan fingerprint density at radius 2 is 1.52 bits per heavy atom. The third-order valence-corrected chi connectivity index (χ3v) is 7.12. The second kappa shape index (κ2) is 9.96. The second-order valence-electron chi connectivity index (χ2n) is 8.79. The van der Waals surface area contributed by atoms with Gasteiger partial charge in [-0.05, 0) is 97.2 Å². The molecule has 31 heavy (non-hydrogen) atoms. The van der Waals surface area contributed by atoms with Gasteiger partial charge in [-0.2, -0.15) is 0 Å². The Hall–Kier alpha value is -2.19. The van der Waals surface area contributed by atoms with Crippen LogP contribution in [0.1, 0.15) is 61.6 Å². The fourth-order valence-corrected chi connectivity index (χ4v) is 4.91. The van der Waals surface area contributed by atoms with E-state index in [1.807, 2.05) is 6.07 Å². The molecule has 0 heterocycles. The average Bonchev–Trinajstić information content (AvgIpc) is 2.80. The molecule has 3 aromatic rings. The SMILES string of the molecule is CCc1ccc(C2CCC(CCc3ccc(-c4ccc(Cl)c(F)c4)c(F)c3)CC2)cc1. The minimum absolute atomic E-state index is 0.0495. The van der Waals surface area contributed by atoms with Crippen LogP contribution in [0.2, 0.25) is 5.02 Å². The van der Waals surface area contributed by atoms with Crippen molar-refractivity contribution in [3.63, 3.8) is 0 Å². The predicted octanol–water partition coefficient (Wildman–Crippen LogP) is 8.75. The Labute approximate surface area is 189 Å². The van der Waals surface area contributed by atoms with Gasteiger partial charge in [-0.1, -0.05) is 61.0 Å². The first kappa shape index (κ1) is 22.0. The van der Waals surface area contributed by atoms with Gasteiger partial charge < -0.3 is 0 Å². The first-order valence-corrected chi connectivity index (χ1v) is 11.7. The van der Waals surface area contributed by atoms with Gasteiger partial charge in [0.1, 0.15) is 11.6 Å². The maximum absolute atomic E-state index is 14.7. The molecule has 4 rings (SSSR count). The molecule has 0 unspecified atom stereocenters. The monoisotopic (exact) mass is 438 g/mol. The number of aryl methyl sites for hydroxylation is 2. The van der Waals surface area contributed by atoms with Gasteiger partial charge in [0.15, 0.2) is 0 Å². The fourth-order valence-electron chi connectivity index (χ4n) is 4.79. The summed E-state index contributed by atoms with van der Waals surface area (Å²) >= 11 is 5.74. The van der Waals surface area contributed by atoms with Crippen LogP contribution < -0.4 is 0 Å². The molecule has 0 spiro atoms. The Morgan fingerprint density at radius 3 is 2.16 bits per heavy atom. The summed E-state index contributed by atoms with van der Waals surface area (Å²) in [6, 6.07) is 18.9. The summed E-state index contributed by atoms with van der Waals surface area (Å²) in [5.41, 5.74) is 4.81. The molecule has 1 aliphatic carbocycles. The van der Waals surface area contributed by atoms with Crippen molar-refractivity contribution < 1.29 is 8.78 Å². The Balaban J connectivity index is 1.31. The van der Waals surface area contributed by atoms with Crippen molar-refractivity contribution >= 4 is 11.6 Å². The van der Waals surface area contributed by atoms with Crippen molar-refractivity contribution in [1.82, 2.24) is 0 Å².